The molecule has 0 spiro atoms. The molecular weight excluding hydrogens is 218 g/mol. The van der Waals surface area contributed by atoms with E-state index in [-0.39, 0.29) is 0 Å². The quantitative estimate of drug-likeness (QED) is 0.562. The van der Waals surface area contributed by atoms with Gasteiger partial charge in [-0.05, 0) is 0 Å². The van der Waals surface area contributed by atoms with E-state index in [1.54, 1.807) is 0 Å². The van der Waals surface area contributed by atoms with Gasteiger partial charge in [-0.1, -0.05) is 0 Å². The maximum atomic E-state index is 10.9. The molecule has 1 rings (SSSR count). The van der Waals surface area contributed by atoms with Crippen LogP contribution in [0.5, 0.6) is 0 Å². The van der Waals surface area contributed by atoms with Crippen LogP contribution in [0.2, 0.25) is 0 Å². The Labute approximate surface area is 98.7 Å². The molecule has 0 bridgehead atoms. The molecule has 0 atom stereocenters. The van der Waals surface area contributed by atoms with Gasteiger partial charge in [0.15, 0.2) is 0 Å². The van der Waals surface area contributed by atoms with E-state index < -0.39 is 6.83 Å². The van der Waals surface area contributed by atoms with Crippen molar-refractivity contribution in [3.63, 3.8) is 0 Å². The van der Waals surface area contributed by atoms with Crippen molar-refractivity contribution in [2.24, 2.45) is 0 Å². The summed E-state index contributed by atoms with van der Waals surface area (Å²) in [5, 5.41) is 1.22. The van der Waals surface area contributed by atoms with E-state index >= 15 is 0 Å². The third kappa shape index (κ3) is 1.93. The van der Waals surface area contributed by atoms with Gasteiger partial charge in [0.1, 0.15) is 0 Å². The summed E-state index contributed by atoms with van der Waals surface area (Å²) >= 11 is 0. The number of benzene rings is 1. The zero-order valence-corrected chi connectivity index (χ0v) is 11.2. The summed E-state index contributed by atoms with van der Waals surface area (Å²) < 4.78 is 16.6. The van der Waals surface area contributed by atoms with Crippen molar-refractivity contribution in [1.82, 2.24) is 0 Å². The fourth-order valence-electron chi connectivity index (χ4n) is 2.42. The number of hydrogen-bond donors (Lipinski definition) is 0. The standard InChI is InChI=1S/C12H20BO2P/c1-4-16(5-2,6-3,15-13-14)12-10-8-7-9-11-12/h7-11H,4-6H2,1-3H3. The van der Waals surface area contributed by atoms with Gasteiger partial charge in [0.2, 0.25) is 0 Å². The van der Waals surface area contributed by atoms with E-state index in [9.17, 15) is 4.70 Å². The van der Waals surface area contributed by atoms with E-state index in [1.807, 2.05) is 18.2 Å². The SMILES string of the molecule is CCP(CC)(CC)(OB=O)c1ccccc1. The Kier molecular flexibility index (Phi) is 4.26. The second-order valence-corrected chi connectivity index (χ2v) is 9.98. The van der Waals surface area contributed by atoms with Crippen molar-refractivity contribution >= 4 is 19.5 Å². The molecule has 0 aromatic heterocycles. The first kappa shape index (κ1) is 13.4. The van der Waals surface area contributed by atoms with Crippen LogP contribution in [0.25, 0.3) is 0 Å². The Hall–Kier alpha value is -0.685. The fourth-order valence-corrected chi connectivity index (χ4v) is 6.58. The molecule has 4 heteroatoms. The Morgan fingerprint density at radius 1 is 1.06 bits per heavy atom. The van der Waals surface area contributed by atoms with Crippen LogP contribution in [-0.4, -0.2) is 25.8 Å². The van der Waals surface area contributed by atoms with Crippen molar-refractivity contribution in [1.29, 1.82) is 0 Å². The second kappa shape index (κ2) is 5.10. The third-order valence-electron chi connectivity index (χ3n) is 3.93. The van der Waals surface area contributed by atoms with Gasteiger partial charge in [-0.2, -0.15) is 0 Å². The topological polar surface area (TPSA) is 26.3 Å². The second-order valence-electron chi connectivity index (χ2n) is 4.11. The average molecular weight is 238 g/mol. The normalized spacial score (nSPS) is 13.6. The van der Waals surface area contributed by atoms with Crippen LogP contribution in [0.3, 0.4) is 0 Å². The average Bonchev–Trinajstić information content (AvgIpc) is 2.38. The Morgan fingerprint density at radius 3 is 1.94 bits per heavy atom. The van der Waals surface area contributed by atoms with Crippen LogP contribution in [-0.2, 0) is 9.15 Å². The van der Waals surface area contributed by atoms with Gasteiger partial charge in [0, 0.05) is 0 Å². The molecule has 16 heavy (non-hydrogen) atoms. The molecule has 0 fully saturated rings. The van der Waals surface area contributed by atoms with E-state index in [4.69, 9.17) is 4.44 Å². The van der Waals surface area contributed by atoms with E-state index in [1.165, 1.54) is 5.30 Å². The molecular formula is C12H20BO2P. The van der Waals surface area contributed by atoms with Crippen LogP contribution in [0.1, 0.15) is 20.8 Å². The molecule has 2 nitrogen and oxygen atoms in total. The summed E-state index contributed by atoms with van der Waals surface area (Å²) in [5.74, 6) is 0. The van der Waals surface area contributed by atoms with E-state index in [2.05, 4.69) is 32.9 Å². The number of rotatable bonds is 6. The van der Waals surface area contributed by atoms with Crippen molar-refractivity contribution in [3.05, 3.63) is 30.3 Å². The molecule has 0 unspecified atom stereocenters. The predicted molar refractivity (Wildman–Crippen MR) is 72.1 cm³/mol. The van der Waals surface area contributed by atoms with Crippen molar-refractivity contribution < 1.29 is 9.15 Å². The molecule has 0 amide bonds. The molecule has 1 aromatic carbocycles. The zero-order chi connectivity index (χ0) is 12.1. The van der Waals surface area contributed by atoms with Gasteiger partial charge in [0.05, 0.1) is 0 Å². The Balaban J connectivity index is 3.38. The molecule has 88 valence electrons. The Bertz CT molecular complexity index is 338. The molecule has 0 saturated carbocycles. The van der Waals surface area contributed by atoms with Gasteiger partial charge in [-0.15, -0.1) is 0 Å². The molecule has 0 aliphatic heterocycles. The van der Waals surface area contributed by atoms with Gasteiger partial charge in [0.25, 0.3) is 0 Å². The minimum absolute atomic E-state index is 0.640. The van der Waals surface area contributed by atoms with Crippen molar-refractivity contribution in [3.8, 4) is 0 Å². The summed E-state index contributed by atoms with van der Waals surface area (Å²) in [6.07, 6.45) is 2.75. The van der Waals surface area contributed by atoms with Crippen LogP contribution >= 0.6 is 6.83 Å². The first-order chi connectivity index (χ1) is 7.67. The molecule has 0 heterocycles. The molecule has 1 aromatic rings. The van der Waals surface area contributed by atoms with Crippen molar-refractivity contribution in [2.45, 2.75) is 20.8 Å². The summed E-state index contributed by atoms with van der Waals surface area (Å²) in [5.41, 5.74) is 0. The summed E-state index contributed by atoms with van der Waals surface area (Å²) in [7, 11) is 0.640. The van der Waals surface area contributed by atoms with Crippen LogP contribution in [0.4, 0.5) is 0 Å². The maximum absolute atomic E-state index is 10.9. The van der Waals surface area contributed by atoms with Gasteiger partial charge >= 0.3 is 98.2 Å². The first-order valence-corrected chi connectivity index (χ1v) is 8.57. The van der Waals surface area contributed by atoms with Gasteiger partial charge in [-0.3, -0.25) is 0 Å². The molecule has 0 N–H and O–H groups in total. The number of hydrogen-bond acceptors (Lipinski definition) is 2. The van der Waals surface area contributed by atoms with Crippen LogP contribution in [0.15, 0.2) is 30.3 Å². The monoisotopic (exact) mass is 238 g/mol. The molecule has 0 aliphatic rings. The first-order valence-electron chi connectivity index (χ1n) is 5.86. The van der Waals surface area contributed by atoms with Crippen LogP contribution in [0, 0.1) is 0 Å². The Morgan fingerprint density at radius 2 is 1.56 bits per heavy atom. The molecule has 0 radical (unpaired) electrons. The summed E-state index contributed by atoms with van der Waals surface area (Å²) in [4.78, 5) is 0. The molecule has 0 saturated heterocycles. The van der Waals surface area contributed by atoms with Gasteiger partial charge in [-0.25, -0.2) is 0 Å². The third-order valence-corrected chi connectivity index (χ3v) is 10.6. The van der Waals surface area contributed by atoms with Gasteiger partial charge < -0.3 is 0 Å². The minimum atomic E-state index is -2.49. The molecule has 0 aliphatic carbocycles. The van der Waals surface area contributed by atoms with E-state index in [0.717, 1.165) is 18.5 Å². The predicted octanol–water partition coefficient (Wildman–Crippen LogP) is 2.82. The van der Waals surface area contributed by atoms with Crippen molar-refractivity contribution in [2.75, 3.05) is 18.5 Å². The summed E-state index contributed by atoms with van der Waals surface area (Å²) in [6, 6.07) is 10.2. The summed E-state index contributed by atoms with van der Waals surface area (Å²) in [6.45, 7) is 3.89. The van der Waals surface area contributed by atoms with E-state index in [0.29, 0.717) is 7.35 Å². The van der Waals surface area contributed by atoms with Crippen LogP contribution < -0.4 is 5.30 Å². The fraction of sp³-hybridized carbons (Fsp3) is 0.500. The zero-order valence-electron chi connectivity index (χ0n) is 10.3.